The summed E-state index contributed by atoms with van der Waals surface area (Å²) in [6.07, 6.45) is 0. The van der Waals surface area contributed by atoms with Crippen LogP contribution in [0.3, 0.4) is 0 Å². The van der Waals surface area contributed by atoms with E-state index in [1.54, 1.807) is 12.1 Å². The number of carbonyl (C=O) groups is 1. The van der Waals surface area contributed by atoms with Crippen LogP contribution in [-0.2, 0) is 14.8 Å². The lowest BCUT2D eigenvalue weighted by atomic mass is 10.2. The number of aromatic nitrogens is 2. The second-order valence-electron chi connectivity index (χ2n) is 6.38. The van der Waals surface area contributed by atoms with Crippen molar-refractivity contribution in [2.24, 2.45) is 0 Å². The van der Waals surface area contributed by atoms with E-state index in [0.29, 0.717) is 31.9 Å². The van der Waals surface area contributed by atoms with Gasteiger partial charge < -0.3 is 10.2 Å². The van der Waals surface area contributed by atoms with Crippen LogP contribution < -0.4 is 10.2 Å². The number of aryl methyl sites for hydroxylation is 2. The number of carbonyl (C=O) groups excluding carboxylic acids is 1. The number of benzene rings is 1. The fraction of sp³-hybridized carbons (Fsp3) is 0.412. The highest BCUT2D eigenvalue weighted by Crippen LogP contribution is 2.25. The Morgan fingerprint density at radius 1 is 1.12 bits per heavy atom. The number of nitrogens with zero attached hydrogens (tertiary/aromatic N) is 3. The Bertz CT molecular complexity index is 877. The van der Waals surface area contributed by atoms with E-state index in [2.05, 4.69) is 20.4 Å². The summed E-state index contributed by atoms with van der Waals surface area (Å²) in [7, 11) is -3.55. The predicted molar refractivity (Wildman–Crippen MR) is 99.8 cm³/mol. The first-order chi connectivity index (χ1) is 12.3. The molecule has 0 unspecified atom stereocenters. The molecule has 1 saturated heterocycles. The fourth-order valence-electron chi connectivity index (χ4n) is 3.23. The van der Waals surface area contributed by atoms with Crippen LogP contribution in [0.2, 0.25) is 0 Å². The lowest BCUT2D eigenvalue weighted by Gasteiger charge is -2.35. The average molecular weight is 377 g/mol. The first-order valence-electron chi connectivity index (χ1n) is 8.43. The van der Waals surface area contributed by atoms with Gasteiger partial charge in [-0.05, 0) is 38.1 Å². The molecular weight excluding hydrogens is 354 g/mol. The SMILES string of the molecule is CC(=O)Nc1ccc(S(=O)(=O)N2CCN(c3c(C)n[nH]c3C)CC2)cc1. The number of H-pyrrole nitrogens is 1. The molecule has 1 aromatic carbocycles. The Labute approximate surface area is 153 Å². The number of hydrogen-bond acceptors (Lipinski definition) is 5. The molecule has 3 rings (SSSR count). The molecule has 2 aromatic rings. The molecule has 0 spiro atoms. The maximum atomic E-state index is 12.8. The number of sulfonamides is 1. The number of aromatic amines is 1. The maximum Gasteiger partial charge on any atom is 0.243 e. The molecule has 0 bridgehead atoms. The maximum absolute atomic E-state index is 12.8. The van der Waals surface area contributed by atoms with Gasteiger partial charge in [-0.15, -0.1) is 0 Å². The van der Waals surface area contributed by atoms with Crippen LogP contribution in [0, 0.1) is 13.8 Å². The van der Waals surface area contributed by atoms with E-state index in [4.69, 9.17) is 0 Å². The smallest absolute Gasteiger partial charge is 0.243 e. The van der Waals surface area contributed by atoms with E-state index in [1.165, 1.54) is 23.4 Å². The molecule has 1 aliphatic rings. The van der Waals surface area contributed by atoms with Crippen LogP contribution in [0.5, 0.6) is 0 Å². The van der Waals surface area contributed by atoms with Crippen LogP contribution in [0.25, 0.3) is 0 Å². The van der Waals surface area contributed by atoms with Crippen molar-refractivity contribution in [2.45, 2.75) is 25.7 Å². The third kappa shape index (κ3) is 3.58. The number of amides is 1. The highest BCUT2D eigenvalue weighted by Gasteiger charge is 2.29. The summed E-state index contributed by atoms with van der Waals surface area (Å²) in [6, 6.07) is 6.25. The van der Waals surface area contributed by atoms with Gasteiger partial charge in [-0.1, -0.05) is 0 Å². The molecule has 1 fully saturated rings. The number of piperazine rings is 1. The molecular formula is C17H23N5O3S. The lowest BCUT2D eigenvalue weighted by Crippen LogP contribution is -2.48. The molecule has 1 aliphatic heterocycles. The summed E-state index contributed by atoms with van der Waals surface area (Å²) >= 11 is 0. The van der Waals surface area contributed by atoms with Gasteiger partial charge >= 0.3 is 0 Å². The Balaban J connectivity index is 1.71. The zero-order valence-electron chi connectivity index (χ0n) is 15.1. The van der Waals surface area contributed by atoms with Gasteiger partial charge in [0.15, 0.2) is 0 Å². The van der Waals surface area contributed by atoms with Gasteiger partial charge in [-0.2, -0.15) is 9.40 Å². The monoisotopic (exact) mass is 377 g/mol. The van der Waals surface area contributed by atoms with Crippen LogP contribution in [0.4, 0.5) is 11.4 Å². The van der Waals surface area contributed by atoms with Gasteiger partial charge in [-0.3, -0.25) is 9.89 Å². The van der Waals surface area contributed by atoms with Crippen molar-refractivity contribution >= 4 is 27.3 Å². The molecule has 1 amide bonds. The van der Waals surface area contributed by atoms with Crippen molar-refractivity contribution in [3.8, 4) is 0 Å². The van der Waals surface area contributed by atoms with Gasteiger partial charge in [0.05, 0.1) is 22.0 Å². The number of rotatable bonds is 4. The second kappa shape index (κ2) is 7.08. The van der Waals surface area contributed by atoms with Gasteiger partial charge in [0.25, 0.3) is 0 Å². The van der Waals surface area contributed by atoms with Crippen molar-refractivity contribution in [1.29, 1.82) is 0 Å². The quantitative estimate of drug-likeness (QED) is 0.841. The van der Waals surface area contributed by atoms with Gasteiger partial charge in [0, 0.05) is 38.8 Å². The Morgan fingerprint density at radius 3 is 2.23 bits per heavy atom. The number of nitrogens with one attached hydrogen (secondary N) is 2. The van der Waals surface area contributed by atoms with E-state index < -0.39 is 10.0 Å². The fourth-order valence-corrected chi connectivity index (χ4v) is 4.65. The highest BCUT2D eigenvalue weighted by atomic mass is 32.2. The molecule has 1 aromatic heterocycles. The van der Waals surface area contributed by atoms with Crippen molar-refractivity contribution in [3.63, 3.8) is 0 Å². The van der Waals surface area contributed by atoms with Crippen molar-refractivity contribution in [3.05, 3.63) is 35.7 Å². The minimum absolute atomic E-state index is 0.193. The second-order valence-corrected chi connectivity index (χ2v) is 8.32. The van der Waals surface area contributed by atoms with E-state index in [9.17, 15) is 13.2 Å². The largest absolute Gasteiger partial charge is 0.366 e. The highest BCUT2D eigenvalue weighted by molar-refractivity contribution is 7.89. The number of anilines is 2. The van der Waals surface area contributed by atoms with Gasteiger partial charge in [0.1, 0.15) is 0 Å². The van der Waals surface area contributed by atoms with E-state index >= 15 is 0 Å². The molecule has 26 heavy (non-hydrogen) atoms. The summed E-state index contributed by atoms with van der Waals surface area (Å²) in [5.41, 5.74) is 3.55. The van der Waals surface area contributed by atoms with E-state index in [1.807, 2.05) is 13.8 Å². The molecule has 0 aliphatic carbocycles. The van der Waals surface area contributed by atoms with Gasteiger partial charge in [-0.25, -0.2) is 8.42 Å². The Hall–Kier alpha value is -2.39. The third-order valence-corrected chi connectivity index (χ3v) is 6.37. The normalized spacial score (nSPS) is 15.9. The predicted octanol–water partition coefficient (Wildman–Crippen LogP) is 1.50. The molecule has 0 atom stereocenters. The molecule has 140 valence electrons. The standard InChI is InChI=1S/C17H23N5O3S/c1-12-17(13(2)20-19-12)21-8-10-22(11-9-21)26(24,25)16-6-4-15(5-7-16)18-14(3)23/h4-7H,8-11H2,1-3H3,(H,18,23)(H,19,20). The molecule has 0 radical (unpaired) electrons. The molecule has 9 heteroatoms. The summed E-state index contributed by atoms with van der Waals surface area (Å²) < 4.78 is 27.2. The van der Waals surface area contributed by atoms with Crippen molar-refractivity contribution in [2.75, 3.05) is 36.4 Å². The summed E-state index contributed by atoms with van der Waals surface area (Å²) in [5.74, 6) is -0.193. The van der Waals surface area contributed by atoms with Crippen molar-refractivity contribution in [1.82, 2.24) is 14.5 Å². The minimum atomic E-state index is -3.55. The van der Waals surface area contributed by atoms with E-state index in [-0.39, 0.29) is 10.8 Å². The van der Waals surface area contributed by atoms with Crippen LogP contribution in [-0.4, -0.2) is 55.0 Å². The first kappa shape index (κ1) is 18.4. The van der Waals surface area contributed by atoms with Gasteiger partial charge in [0.2, 0.25) is 15.9 Å². The summed E-state index contributed by atoms with van der Waals surface area (Å²) in [4.78, 5) is 13.5. The summed E-state index contributed by atoms with van der Waals surface area (Å²) in [6.45, 7) is 7.38. The molecule has 2 N–H and O–H groups in total. The molecule has 2 heterocycles. The van der Waals surface area contributed by atoms with E-state index in [0.717, 1.165) is 17.1 Å². The van der Waals surface area contributed by atoms with Crippen LogP contribution in [0.1, 0.15) is 18.3 Å². The molecule has 0 saturated carbocycles. The number of hydrogen-bond donors (Lipinski definition) is 2. The average Bonchev–Trinajstić information content (AvgIpc) is 2.93. The Morgan fingerprint density at radius 2 is 1.73 bits per heavy atom. The van der Waals surface area contributed by atoms with Crippen LogP contribution in [0.15, 0.2) is 29.2 Å². The lowest BCUT2D eigenvalue weighted by molar-refractivity contribution is -0.114. The first-order valence-corrected chi connectivity index (χ1v) is 9.87. The van der Waals surface area contributed by atoms with Crippen molar-refractivity contribution < 1.29 is 13.2 Å². The molecule has 8 nitrogen and oxygen atoms in total. The topological polar surface area (TPSA) is 98.4 Å². The zero-order valence-corrected chi connectivity index (χ0v) is 15.9. The minimum Gasteiger partial charge on any atom is -0.366 e. The summed E-state index contributed by atoms with van der Waals surface area (Å²) in [5, 5.41) is 9.81. The Kier molecular flexibility index (Phi) is 5.01. The third-order valence-electron chi connectivity index (χ3n) is 4.46. The van der Waals surface area contributed by atoms with Crippen LogP contribution >= 0.6 is 0 Å². The zero-order chi connectivity index (χ0) is 18.9.